The molecule has 134 valence electrons. The van der Waals surface area contributed by atoms with Gasteiger partial charge in [-0.15, -0.1) is 0 Å². The van der Waals surface area contributed by atoms with Gasteiger partial charge in [-0.05, 0) is 32.1 Å². The van der Waals surface area contributed by atoms with Crippen molar-refractivity contribution in [2.75, 3.05) is 32.1 Å². The molecule has 0 aromatic carbocycles. The molecule has 1 aliphatic rings. The average Bonchev–Trinajstić information content (AvgIpc) is 3.00. The maximum atomic E-state index is 12.6. The first-order valence-corrected chi connectivity index (χ1v) is 8.57. The van der Waals surface area contributed by atoms with Gasteiger partial charge < -0.3 is 9.80 Å². The van der Waals surface area contributed by atoms with Crippen LogP contribution < -0.4 is 4.90 Å². The zero-order valence-corrected chi connectivity index (χ0v) is 15.0. The molecule has 25 heavy (non-hydrogen) atoms. The van der Waals surface area contributed by atoms with Crippen molar-refractivity contribution in [3.05, 3.63) is 29.5 Å². The molecule has 1 fully saturated rings. The number of aromatic nitrogens is 4. The van der Waals surface area contributed by atoms with E-state index in [1.54, 1.807) is 19.3 Å². The predicted molar refractivity (Wildman–Crippen MR) is 92.1 cm³/mol. The largest absolute Gasteiger partial charge is 0.361 e. The second kappa shape index (κ2) is 7.58. The summed E-state index contributed by atoms with van der Waals surface area (Å²) in [6.07, 6.45) is 6.62. The number of hydrogen-bond acceptors (Lipinski definition) is 7. The smallest absolute Gasteiger partial charge is 0.228 e. The Morgan fingerprint density at radius 1 is 1.28 bits per heavy atom. The first-order chi connectivity index (χ1) is 12.0. The lowest BCUT2D eigenvalue weighted by Crippen LogP contribution is -2.41. The number of carbonyl (C=O) groups excluding carboxylic acids is 1. The Hall–Kier alpha value is -2.51. The summed E-state index contributed by atoms with van der Waals surface area (Å²) in [6, 6.07) is 0. The van der Waals surface area contributed by atoms with E-state index in [0.29, 0.717) is 17.3 Å². The minimum absolute atomic E-state index is 0.0791. The highest BCUT2D eigenvalue weighted by molar-refractivity contribution is 5.78. The molecular weight excluding hydrogens is 320 g/mol. The fourth-order valence-corrected chi connectivity index (χ4v) is 3.27. The van der Waals surface area contributed by atoms with Gasteiger partial charge in [0.1, 0.15) is 17.2 Å². The fraction of sp³-hybridized carbons (Fsp3) is 0.588. The average molecular weight is 344 g/mol. The summed E-state index contributed by atoms with van der Waals surface area (Å²) in [5, 5.41) is 7.55. The Balaban J connectivity index is 1.63. The van der Waals surface area contributed by atoms with Crippen molar-refractivity contribution in [2.24, 2.45) is 5.92 Å². The molecule has 1 aliphatic heterocycles. The van der Waals surface area contributed by atoms with Crippen LogP contribution in [0.25, 0.3) is 0 Å². The number of hydrogen-bond donors (Lipinski definition) is 0. The van der Waals surface area contributed by atoms with Gasteiger partial charge in [-0.1, -0.05) is 10.3 Å². The van der Waals surface area contributed by atoms with Crippen molar-refractivity contribution in [1.82, 2.24) is 25.2 Å². The highest BCUT2D eigenvalue weighted by atomic mass is 16.6. The van der Waals surface area contributed by atoms with Crippen molar-refractivity contribution in [2.45, 2.75) is 32.6 Å². The number of aryl methyl sites for hydroxylation is 1. The summed E-state index contributed by atoms with van der Waals surface area (Å²) < 4.78 is 4.68. The molecule has 3 heterocycles. The standard InChI is InChI=1S/C17H24N6O2/c1-12-14(21-25-20-12)10-16(24)23-8-4-5-13(11-23)9-15-17(22(2)3)19-7-6-18-15/h6-7,13H,4-5,8-11H2,1-3H3/t13-/m0/s1. The summed E-state index contributed by atoms with van der Waals surface area (Å²) in [7, 11) is 3.94. The van der Waals surface area contributed by atoms with Gasteiger partial charge in [0.2, 0.25) is 5.91 Å². The minimum atomic E-state index is 0.0791. The first-order valence-electron chi connectivity index (χ1n) is 8.57. The minimum Gasteiger partial charge on any atom is -0.361 e. The van der Waals surface area contributed by atoms with E-state index in [1.807, 2.05) is 23.9 Å². The van der Waals surface area contributed by atoms with Gasteiger partial charge in [0.15, 0.2) is 0 Å². The van der Waals surface area contributed by atoms with Gasteiger partial charge in [0.25, 0.3) is 0 Å². The molecular formula is C17H24N6O2. The van der Waals surface area contributed by atoms with E-state index in [4.69, 9.17) is 0 Å². The van der Waals surface area contributed by atoms with Crippen LogP contribution in [0.3, 0.4) is 0 Å². The molecule has 8 heteroatoms. The van der Waals surface area contributed by atoms with Crippen molar-refractivity contribution in [3.63, 3.8) is 0 Å². The Morgan fingerprint density at radius 3 is 2.80 bits per heavy atom. The molecule has 0 radical (unpaired) electrons. The second-order valence-electron chi connectivity index (χ2n) is 6.75. The number of rotatable bonds is 5. The molecule has 0 spiro atoms. The number of carbonyl (C=O) groups is 1. The van der Waals surface area contributed by atoms with E-state index in [1.165, 1.54) is 0 Å². The molecule has 0 saturated carbocycles. The van der Waals surface area contributed by atoms with Gasteiger partial charge in [0.05, 0.1) is 12.1 Å². The van der Waals surface area contributed by atoms with Crippen LogP contribution in [0, 0.1) is 12.8 Å². The van der Waals surface area contributed by atoms with Crippen molar-refractivity contribution >= 4 is 11.7 Å². The molecule has 1 saturated heterocycles. The van der Waals surface area contributed by atoms with Gasteiger partial charge in [-0.2, -0.15) is 0 Å². The van der Waals surface area contributed by atoms with Crippen LogP contribution in [0.2, 0.25) is 0 Å². The highest BCUT2D eigenvalue weighted by Gasteiger charge is 2.26. The summed E-state index contributed by atoms with van der Waals surface area (Å²) in [5.74, 6) is 1.37. The summed E-state index contributed by atoms with van der Waals surface area (Å²) in [5.41, 5.74) is 2.29. The van der Waals surface area contributed by atoms with Crippen molar-refractivity contribution in [1.29, 1.82) is 0 Å². The molecule has 0 bridgehead atoms. The van der Waals surface area contributed by atoms with Gasteiger partial charge in [-0.25, -0.2) is 9.61 Å². The highest BCUT2D eigenvalue weighted by Crippen LogP contribution is 2.24. The third kappa shape index (κ3) is 4.12. The molecule has 0 unspecified atom stereocenters. The second-order valence-corrected chi connectivity index (χ2v) is 6.75. The van der Waals surface area contributed by atoms with Crippen LogP contribution in [0.1, 0.15) is 29.9 Å². The van der Waals surface area contributed by atoms with Gasteiger partial charge in [-0.3, -0.25) is 9.78 Å². The van der Waals surface area contributed by atoms with Crippen LogP contribution in [-0.4, -0.2) is 58.3 Å². The van der Waals surface area contributed by atoms with E-state index < -0.39 is 0 Å². The summed E-state index contributed by atoms with van der Waals surface area (Å²) in [6.45, 7) is 3.34. The molecule has 0 aliphatic carbocycles. The van der Waals surface area contributed by atoms with Crippen LogP contribution in [-0.2, 0) is 17.6 Å². The summed E-state index contributed by atoms with van der Waals surface area (Å²) >= 11 is 0. The lowest BCUT2D eigenvalue weighted by molar-refractivity contribution is -0.132. The third-order valence-electron chi connectivity index (χ3n) is 4.59. The molecule has 8 nitrogen and oxygen atoms in total. The zero-order valence-electron chi connectivity index (χ0n) is 15.0. The van der Waals surface area contributed by atoms with Crippen LogP contribution in [0.15, 0.2) is 17.0 Å². The normalized spacial score (nSPS) is 17.6. The van der Waals surface area contributed by atoms with Crippen molar-refractivity contribution < 1.29 is 9.42 Å². The third-order valence-corrected chi connectivity index (χ3v) is 4.59. The number of likely N-dealkylation sites (tertiary alicyclic amines) is 1. The monoisotopic (exact) mass is 344 g/mol. The maximum Gasteiger partial charge on any atom is 0.228 e. The lowest BCUT2D eigenvalue weighted by atomic mass is 9.93. The number of piperidine rings is 1. The van der Waals surface area contributed by atoms with Crippen LogP contribution in [0.4, 0.5) is 5.82 Å². The Kier molecular flexibility index (Phi) is 5.25. The molecule has 2 aromatic rings. The number of amides is 1. The quantitative estimate of drug-likeness (QED) is 0.806. The molecule has 0 N–H and O–H groups in total. The topological polar surface area (TPSA) is 88.2 Å². The van der Waals surface area contributed by atoms with Crippen LogP contribution >= 0.6 is 0 Å². The Morgan fingerprint density at radius 2 is 2.08 bits per heavy atom. The van der Waals surface area contributed by atoms with Crippen molar-refractivity contribution in [3.8, 4) is 0 Å². The predicted octanol–water partition coefficient (Wildman–Crippen LogP) is 1.26. The Labute approximate surface area is 147 Å². The number of anilines is 1. The molecule has 1 atom stereocenters. The maximum absolute atomic E-state index is 12.6. The summed E-state index contributed by atoms with van der Waals surface area (Å²) in [4.78, 5) is 25.4. The fourth-order valence-electron chi connectivity index (χ4n) is 3.27. The van der Waals surface area contributed by atoms with E-state index in [0.717, 1.165) is 43.9 Å². The van der Waals surface area contributed by atoms with Gasteiger partial charge >= 0.3 is 0 Å². The lowest BCUT2D eigenvalue weighted by Gasteiger charge is -2.33. The zero-order chi connectivity index (χ0) is 17.8. The van der Waals surface area contributed by atoms with E-state index >= 15 is 0 Å². The van der Waals surface area contributed by atoms with E-state index in [9.17, 15) is 4.79 Å². The first kappa shape index (κ1) is 17.3. The van der Waals surface area contributed by atoms with E-state index in [2.05, 4.69) is 24.9 Å². The number of nitrogens with zero attached hydrogens (tertiary/aromatic N) is 6. The molecule has 1 amide bonds. The van der Waals surface area contributed by atoms with Gasteiger partial charge in [0, 0.05) is 39.6 Å². The molecule has 2 aromatic heterocycles. The SMILES string of the molecule is Cc1nonc1CC(=O)N1CCC[C@@H](Cc2nccnc2N(C)C)C1. The Bertz CT molecular complexity index is 729. The van der Waals surface area contributed by atoms with Crippen LogP contribution in [0.5, 0.6) is 0 Å². The molecule has 3 rings (SSSR count). The van der Waals surface area contributed by atoms with E-state index in [-0.39, 0.29) is 12.3 Å².